The molecule has 0 spiro atoms. The number of nitrogens with zero attached hydrogens (tertiary/aromatic N) is 4. The number of hydrogen-bond donors (Lipinski definition) is 1. The van der Waals surface area contributed by atoms with Gasteiger partial charge in [0.1, 0.15) is 25.1 Å². The quantitative estimate of drug-likeness (QED) is 0.669. The third kappa shape index (κ3) is 7.24. The summed E-state index contributed by atoms with van der Waals surface area (Å²) in [5, 5.41) is 30.1. The first-order chi connectivity index (χ1) is 13.0. The zero-order chi connectivity index (χ0) is 21.3. The summed E-state index contributed by atoms with van der Waals surface area (Å²) in [5.41, 5.74) is 1.20. The molecule has 1 N–H and O–H groups in total. The number of carbonyl (C=O) groups is 2. The van der Waals surface area contributed by atoms with Crippen molar-refractivity contribution in [3.05, 3.63) is 47.1 Å². The van der Waals surface area contributed by atoms with Gasteiger partial charge in [-0.15, -0.1) is 0 Å². The van der Waals surface area contributed by atoms with E-state index in [4.69, 9.17) is 20.3 Å². The van der Waals surface area contributed by atoms with Gasteiger partial charge in [-0.25, -0.2) is 0 Å². The number of pyridine rings is 1. The molecule has 0 aliphatic carbocycles. The maximum absolute atomic E-state index is 11.8. The van der Waals surface area contributed by atoms with E-state index < -0.39 is 18.1 Å². The van der Waals surface area contributed by atoms with E-state index in [-0.39, 0.29) is 18.5 Å². The van der Waals surface area contributed by atoms with E-state index in [1.165, 1.54) is 15.3 Å². The molecule has 0 fully saturated rings. The van der Waals surface area contributed by atoms with Crippen LogP contribution in [0.4, 0.5) is 13.2 Å². The normalized spacial score (nSPS) is 10.4. The number of aliphatic carboxylic acids is 2. The van der Waals surface area contributed by atoms with Crippen molar-refractivity contribution >= 4 is 11.9 Å². The van der Waals surface area contributed by atoms with E-state index in [0.29, 0.717) is 12.1 Å². The van der Waals surface area contributed by atoms with Crippen molar-refractivity contribution in [2.24, 2.45) is 0 Å². The minimum atomic E-state index is -5.19. The zero-order valence-electron chi connectivity index (χ0n) is 14.1. The van der Waals surface area contributed by atoms with Gasteiger partial charge in [0.15, 0.2) is 12.7 Å². The summed E-state index contributed by atoms with van der Waals surface area (Å²) < 4.78 is 34.4. The lowest BCUT2D eigenvalue weighted by Crippen LogP contribution is -2.38. The van der Waals surface area contributed by atoms with Gasteiger partial charge in [0.2, 0.25) is 0 Å². The first kappa shape index (κ1) is 22.3. The van der Waals surface area contributed by atoms with Crippen LogP contribution in [0.3, 0.4) is 0 Å². The molecule has 28 heavy (non-hydrogen) atoms. The molecular weight excluding hydrogens is 385 g/mol. The second-order valence-corrected chi connectivity index (χ2v) is 5.15. The van der Waals surface area contributed by atoms with Crippen LogP contribution in [0.2, 0.25) is 0 Å². The van der Waals surface area contributed by atoms with Gasteiger partial charge in [-0.05, 0) is 16.7 Å². The lowest BCUT2D eigenvalue weighted by atomic mass is 10.1. The van der Waals surface area contributed by atoms with Crippen molar-refractivity contribution in [3.63, 3.8) is 0 Å². The van der Waals surface area contributed by atoms with Gasteiger partial charge < -0.3 is 19.6 Å². The summed E-state index contributed by atoms with van der Waals surface area (Å²) >= 11 is 0. The van der Waals surface area contributed by atoms with Crippen LogP contribution >= 0.6 is 0 Å². The van der Waals surface area contributed by atoms with Crippen LogP contribution in [0.15, 0.2) is 41.6 Å². The number of nitriles is 1. The van der Waals surface area contributed by atoms with Gasteiger partial charge in [0.25, 0.3) is 5.56 Å². The first-order valence-corrected chi connectivity index (χ1v) is 7.48. The molecule has 2 aromatic rings. The summed E-state index contributed by atoms with van der Waals surface area (Å²) in [6.45, 7) is 0.306. The summed E-state index contributed by atoms with van der Waals surface area (Å²) in [4.78, 5) is 31.0. The molecule has 9 nitrogen and oxygen atoms in total. The number of halogens is 3. The highest BCUT2D eigenvalue weighted by atomic mass is 19.4. The Hall–Kier alpha value is -3.75. The molecule has 2 rings (SSSR count). The second kappa shape index (κ2) is 9.81. The Balaban J connectivity index is 0.000000480. The Morgan fingerprint density at radius 2 is 1.96 bits per heavy atom. The molecular formula is C16H13F3N4O5. The van der Waals surface area contributed by atoms with Gasteiger partial charge in [0.05, 0.1) is 6.07 Å². The molecule has 0 aromatic carbocycles. The molecule has 2 aromatic heterocycles. The molecule has 2 heterocycles. The number of hydrogen-bond acceptors (Lipinski definition) is 6. The maximum Gasteiger partial charge on any atom is 0.430 e. The Kier molecular flexibility index (Phi) is 7.81. The lowest BCUT2D eigenvalue weighted by molar-refractivity contribution is -0.752. The van der Waals surface area contributed by atoms with E-state index >= 15 is 0 Å². The summed E-state index contributed by atoms with van der Waals surface area (Å²) in [6, 6.07) is 6.85. The highest BCUT2D eigenvalue weighted by Gasteiger charge is 2.28. The fourth-order valence-electron chi connectivity index (χ4n) is 1.79. The van der Waals surface area contributed by atoms with Crippen LogP contribution in [0.1, 0.15) is 6.42 Å². The molecule has 0 bridgehead atoms. The SMILES string of the molecule is N#CCn1ccc(-c2cc[n+](CCC(=O)O)nc2)cc1=O.O=C([O-])C(F)(F)F. The molecule has 0 aliphatic heterocycles. The molecule has 0 saturated heterocycles. The van der Waals surface area contributed by atoms with Gasteiger partial charge in [-0.3, -0.25) is 9.59 Å². The molecule has 0 radical (unpaired) electrons. The van der Waals surface area contributed by atoms with E-state index in [1.807, 2.05) is 6.07 Å². The van der Waals surface area contributed by atoms with E-state index in [2.05, 4.69) is 5.10 Å². The third-order valence-electron chi connectivity index (χ3n) is 3.13. The van der Waals surface area contributed by atoms with Crippen molar-refractivity contribution in [2.75, 3.05) is 0 Å². The van der Waals surface area contributed by atoms with Crippen molar-refractivity contribution in [1.29, 1.82) is 5.26 Å². The Bertz CT molecular complexity index is 933. The average Bonchev–Trinajstić information content (AvgIpc) is 2.62. The Labute approximate surface area is 155 Å². The molecule has 0 saturated carbocycles. The van der Waals surface area contributed by atoms with Gasteiger partial charge in [-0.1, -0.05) is 4.68 Å². The standard InChI is InChI=1S/C14H12N4O3.C2HF3O2/c15-4-8-17-5-1-11(9-13(17)19)12-2-6-18(16-10-12)7-3-14(20)21;3-2(4,5)1(6)7/h1-2,5-6,9-10H,3,7-8H2;(H,6,7). The van der Waals surface area contributed by atoms with E-state index in [1.54, 1.807) is 30.7 Å². The molecule has 12 heteroatoms. The van der Waals surface area contributed by atoms with Crippen LogP contribution in [0.5, 0.6) is 0 Å². The predicted molar refractivity (Wildman–Crippen MR) is 83.1 cm³/mol. The van der Waals surface area contributed by atoms with Gasteiger partial charge >= 0.3 is 12.1 Å². The zero-order valence-corrected chi connectivity index (χ0v) is 14.1. The maximum atomic E-state index is 11.8. The number of aromatic nitrogens is 3. The van der Waals surface area contributed by atoms with E-state index in [9.17, 15) is 22.8 Å². The molecule has 0 atom stereocenters. The topological polar surface area (TPSA) is 140 Å². The fourth-order valence-corrected chi connectivity index (χ4v) is 1.79. The van der Waals surface area contributed by atoms with Crippen molar-refractivity contribution < 1.29 is 37.7 Å². The smallest absolute Gasteiger partial charge is 0.430 e. The summed E-state index contributed by atoms with van der Waals surface area (Å²) in [6.07, 6.45) is -0.391. The Morgan fingerprint density at radius 1 is 1.32 bits per heavy atom. The highest BCUT2D eigenvalue weighted by molar-refractivity contribution is 5.70. The average molecular weight is 398 g/mol. The molecule has 0 amide bonds. The number of carboxylic acid groups (broad SMARTS) is 2. The van der Waals surface area contributed by atoms with Crippen LogP contribution < -0.4 is 15.3 Å². The number of carbonyl (C=O) groups excluding carboxylic acids is 1. The van der Waals surface area contributed by atoms with Crippen LogP contribution in [0.25, 0.3) is 11.1 Å². The Morgan fingerprint density at radius 3 is 2.39 bits per heavy atom. The summed E-state index contributed by atoms with van der Waals surface area (Å²) in [5.74, 6) is -3.89. The van der Waals surface area contributed by atoms with Crippen molar-refractivity contribution in [3.8, 4) is 17.2 Å². The van der Waals surface area contributed by atoms with E-state index in [0.717, 1.165) is 5.56 Å². The lowest BCUT2D eigenvalue weighted by Gasteiger charge is -2.03. The number of carboxylic acids is 2. The predicted octanol–water partition coefficient (Wildman–Crippen LogP) is -0.505. The van der Waals surface area contributed by atoms with Crippen molar-refractivity contribution in [1.82, 2.24) is 9.67 Å². The molecule has 148 valence electrons. The highest BCUT2D eigenvalue weighted by Crippen LogP contribution is 2.14. The number of aryl methyl sites for hydroxylation is 1. The molecule has 0 unspecified atom stereocenters. The largest absolute Gasteiger partial charge is 0.542 e. The number of rotatable bonds is 5. The molecule has 0 aliphatic rings. The minimum Gasteiger partial charge on any atom is -0.542 e. The van der Waals surface area contributed by atoms with Crippen LogP contribution in [-0.4, -0.2) is 32.9 Å². The van der Waals surface area contributed by atoms with Gasteiger partial charge in [-0.2, -0.15) is 18.4 Å². The number of alkyl halides is 3. The van der Waals surface area contributed by atoms with Crippen LogP contribution in [0, 0.1) is 11.3 Å². The van der Waals surface area contributed by atoms with Gasteiger partial charge in [0, 0.05) is 23.9 Å². The third-order valence-corrected chi connectivity index (χ3v) is 3.13. The second-order valence-electron chi connectivity index (χ2n) is 5.15. The van der Waals surface area contributed by atoms with Crippen LogP contribution in [-0.2, 0) is 22.7 Å². The summed E-state index contributed by atoms with van der Waals surface area (Å²) in [7, 11) is 0. The minimum absolute atomic E-state index is 0.00121. The first-order valence-electron chi connectivity index (χ1n) is 7.48. The van der Waals surface area contributed by atoms with Crippen molar-refractivity contribution in [2.45, 2.75) is 25.7 Å². The monoisotopic (exact) mass is 398 g/mol. The fraction of sp³-hybridized carbons (Fsp3) is 0.250.